The third-order valence-electron chi connectivity index (χ3n) is 4.97. The van der Waals surface area contributed by atoms with E-state index >= 15 is 0 Å². The van der Waals surface area contributed by atoms with Crippen molar-refractivity contribution in [2.24, 2.45) is 5.73 Å². The highest BCUT2D eigenvalue weighted by atomic mass is 16.5. The first-order chi connectivity index (χ1) is 11.3. The number of allylic oxidation sites excluding steroid dienone is 2. The van der Waals surface area contributed by atoms with E-state index in [9.17, 15) is 9.90 Å². The fraction of sp³-hybridized carbons (Fsp3) is 0.526. The molecule has 132 valence electrons. The Morgan fingerprint density at radius 2 is 2.12 bits per heavy atom. The van der Waals surface area contributed by atoms with Gasteiger partial charge in [0.25, 0.3) is 0 Å². The fourth-order valence-corrected chi connectivity index (χ4v) is 3.09. The van der Waals surface area contributed by atoms with Crippen LogP contribution in [0.3, 0.4) is 0 Å². The number of rotatable bonds is 7. The number of methoxy groups -OCH3 is 1. The molecule has 0 aromatic heterocycles. The number of carbonyl (C=O) groups excluding carboxylic acids is 1. The Labute approximate surface area is 143 Å². The van der Waals surface area contributed by atoms with Crippen LogP contribution < -0.4 is 11.1 Å². The van der Waals surface area contributed by atoms with E-state index in [4.69, 9.17) is 10.5 Å². The second-order valence-corrected chi connectivity index (χ2v) is 6.95. The van der Waals surface area contributed by atoms with Crippen LogP contribution in [0.2, 0.25) is 0 Å². The molecule has 2 rings (SSSR count). The summed E-state index contributed by atoms with van der Waals surface area (Å²) in [5, 5.41) is 14.6. The van der Waals surface area contributed by atoms with Crippen molar-refractivity contribution in [3.63, 3.8) is 0 Å². The molecule has 0 saturated heterocycles. The number of benzene rings is 1. The van der Waals surface area contributed by atoms with Gasteiger partial charge in [0.1, 0.15) is 5.60 Å². The number of fused-ring (bicyclic) bond motifs is 1. The number of ether oxygens (including phenoxy) is 1. The number of amides is 1. The third-order valence-corrected chi connectivity index (χ3v) is 4.97. The molecule has 2 atom stereocenters. The summed E-state index contributed by atoms with van der Waals surface area (Å²) in [5.41, 5.74) is 9.39. The third kappa shape index (κ3) is 3.97. The number of primary amides is 1. The van der Waals surface area contributed by atoms with E-state index in [0.29, 0.717) is 18.4 Å². The molecular weight excluding hydrogens is 304 g/mol. The van der Waals surface area contributed by atoms with E-state index in [1.807, 2.05) is 6.07 Å². The Morgan fingerprint density at radius 3 is 2.71 bits per heavy atom. The SMILES string of the molecule is COC[C@@](O)(CCC(C)=C(C)C)[C@@H]1Cc2cc(C(N)=O)ccc2N1. The molecule has 5 nitrogen and oxygen atoms in total. The van der Waals surface area contributed by atoms with Crippen molar-refractivity contribution in [2.75, 3.05) is 19.0 Å². The Balaban J connectivity index is 2.17. The summed E-state index contributed by atoms with van der Waals surface area (Å²) < 4.78 is 5.29. The van der Waals surface area contributed by atoms with Gasteiger partial charge in [-0.1, -0.05) is 11.1 Å². The van der Waals surface area contributed by atoms with E-state index in [0.717, 1.165) is 17.7 Å². The largest absolute Gasteiger partial charge is 0.385 e. The summed E-state index contributed by atoms with van der Waals surface area (Å²) in [6, 6.07) is 5.21. The molecule has 1 aromatic rings. The van der Waals surface area contributed by atoms with Crippen LogP contribution in [0.15, 0.2) is 29.3 Å². The Kier molecular flexibility index (Phi) is 5.67. The van der Waals surface area contributed by atoms with Gasteiger partial charge in [-0.15, -0.1) is 0 Å². The molecule has 1 amide bonds. The number of nitrogens with two attached hydrogens (primary N) is 1. The van der Waals surface area contributed by atoms with E-state index in [1.165, 1.54) is 11.1 Å². The molecule has 24 heavy (non-hydrogen) atoms. The highest BCUT2D eigenvalue weighted by molar-refractivity contribution is 5.93. The zero-order valence-corrected chi connectivity index (χ0v) is 15.0. The van der Waals surface area contributed by atoms with Crippen LogP contribution >= 0.6 is 0 Å². The lowest BCUT2D eigenvalue weighted by Gasteiger charge is -2.34. The predicted molar refractivity (Wildman–Crippen MR) is 96.2 cm³/mol. The van der Waals surface area contributed by atoms with Gasteiger partial charge in [-0.3, -0.25) is 4.79 Å². The second-order valence-electron chi connectivity index (χ2n) is 6.95. The van der Waals surface area contributed by atoms with Crippen molar-refractivity contribution in [3.8, 4) is 0 Å². The molecule has 4 N–H and O–H groups in total. The predicted octanol–water partition coefficient (Wildman–Crippen LogP) is 2.64. The first kappa shape index (κ1) is 18.5. The molecule has 1 aliphatic heterocycles. The molecule has 0 aliphatic carbocycles. The van der Waals surface area contributed by atoms with Gasteiger partial charge in [0.2, 0.25) is 5.91 Å². The smallest absolute Gasteiger partial charge is 0.248 e. The molecule has 5 heteroatoms. The van der Waals surface area contributed by atoms with E-state index < -0.39 is 11.5 Å². The molecule has 0 saturated carbocycles. The summed E-state index contributed by atoms with van der Waals surface area (Å²) in [5.74, 6) is -0.437. The van der Waals surface area contributed by atoms with Gasteiger partial charge in [-0.2, -0.15) is 0 Å². The standard InChI is InChI=1S/C19H28N2O3/c1-12(2)13(3)7-8-19(23,11-24-4)17-10-15-9-14(18(20)22)5-6-16(15)21-17/h5-6,9,17,21,23H,7-8,10-11H2,1-4H3,(H2,20,22)/t17-,19-/m0/s1. The van der Waals surface area contributed by atoms with Crippen molar-refractivity contribution >= 4 is 11.6 Å². The molecule has 0 fully saturated rings. The monoisotopic (exact) mass is 332 g/mol. The number of hydrogen-bond acceptors (Lipinski definition) is 4. The van der Waals surface area contributed by atoms with Crippen molar-refractivity contribution in [1.82, 2.24) is 0 Å². The Bertz CT molecular complexity index is 650. The number of hydrogen-bond donors (Lipinski definition) is 3. The van der Waals surface area contributed by atoms with Gasteiger partial charge in [-0.05, 0) is 63.8 Å². The van der Waals surface area contributed by atoms with Gasteiger partial charge >= 0.3 is 0 Å². The second kappa shape index (κ2) is 7.36. The number of carbonyl (C=O) groups is 1. The van der Waals surface area contributed by atoms with Crippen LogP contribution in [0.5, 0.6) is 0 Å². The molecule has 1 aliphatic rings. The van der Waals surface area contributed by atoms with Crippen LogP contribution in [0.1, 0.15) is 49.5 Å². The molecule has 0 bridgehead atoms. The zero-order chi connectivity index (χ0) is 17.9. The van der Waals surface area contributed by atoms with Crippen molar-refractivity contribution in [1.29, 1.82) is 0 Å². The van der Waals surface area contributed by atoms with E-state index in [1.54, 1.807) is 19.2 Å². The minimum absolute atomic E-state index is 0.152. The van der Waals surface area contributed by atoms with Crippen LogP contribution in [0.25, 0.3) is 0 Å². The summed E-state index contributed by atoms with van der Waals surface area (Å²) in [6.45, 7) is 6.52. The topological polar surface area (TPSA) is 84.6 Å². The summed E-state index contributed by atoms with van der Waals surface area (Å²) in [6.07, 6.45) is 2.08. The van der Waals surface area contributed by atoms with Gasteiger partial charge in [0.15, 0.2) is 0 Å². The highest BCUT2D eigenvalue weighted by Gasteiger charge is 2.40. The van der Waals surface area contributed by atoms with Crippen molar-refractivity contribution in [3.05, 3.63) is 40.5 Å². The first-order valence-corrected chi connectivity index (χ1v) is 8.30. The molecule has 1 aromatic carbocycles. The molecule has 0 spiro atoms. The lowest BCUT2D eigenvalue weighted by Crippen LogP contribution is -2.49. The van der Waals surface area contributed by atoms with Gasteiger partial charge in [-0.25, -0.2) is 0 Å². The average Bonchev–Trinajstić information content (AvgIpc) is 2.96. The zero-order valence-electron chi connectivity index (χ0n) is 15.0. The molecule has 1 heterocycles. The molecule has 0 unspecified atom stereocenters. The maximum atomic E-state index is 11.4. The molecular formula is C19H28N2O3. The quantitative estimate of drug-likeness (QED) is 0.670. The maximum absolute atomic E-state index is 11.4. The van der Waals surface area contributed by atoms with Crippen LogP contribution in [-0.2, 0) is 11.2 Å². The average molecular weight is 332 g/mol. The maximum Gasteiger partial charge on any atom is 0.248 e. The lowest BCUT2D eigenvalue weighted by molar-refractivity contribution is -0.0489. The van der Waals surface area contributed by atoms with Gasteiger partial charge in [0.05, 0.1) is 12.6 Å². The van der Waals surface area contributed by atoms with Gasteiger partial charge < -0.3 is 20.9 Å². The van der Waals surface area contributed by atoms with Crippen molar-refractivity contribution in [2.45, 2.75) is 51.7 Å². The molecule has 0 radical (unpaired) electrons. The first-order valence-electron chi connectivity index (χ1n) is 8.30. The summed E-state index contributed by atoms with van der Waals surface area (Å²) >= 11 is 0. The van der Waals surface area contributed by atoms with Gasteiger partial charge in [0, 0.05) is 18.4 Å². The fourth-order valence-electron chi connectivity index (χ4n) is 3.09. The number of anilines is 1. The number of aliphatic hydroxyl groups is 1. The number of nitrogens with one attached hydrogen (secondary N) is 1. The van der Waals surface area contributed by atoms with Crippen LogP contribution in [0.4, 0.5) is 5.69 Å². The summed E-state index contributed by atoms with van der Waals surface area (Å²) in [4.78, 5) is 11.4. The minimum atomic E-state index is -0.975. The van der Waals surface area contributed by atoms with E-state index in [-0.39, 0.29) is 12.6 Å². The summed E-state index contributed by atoms with van der Waals surface area (Å²) in [7, 11) is 1.60. The Morgan fingerprint density at radius 1 is 1.42 bits per heavy atom. The van der Waals surface area contributed by atoms with Crippen LogP contribution in [-0.4, -0.2) is 36.4 Å². The highest BCUT2D eigenvalue weighted by Crippen LogP contribution is 2.34. The van der Waals surface area contributed by atoms with E-state index in [2.05, 4.69) is 26.1 Å². The van der Waals surface area contributed by atoms with Crippen LogP contribution in [0, 0.1) is 0 Å². The normalized spacial score (nSPS) is 18.5. The van der Waals surface area contributed by atoms with Crippen molar-refractivity contribution < 1.29 is 14.6 Å². The lowest BCUT2D eigenvalue weighted by atomic mass is 9.86. The Hall–Kier alpha value is -1.85. The minimum Gasteiger partial charge on any atom is -0.385 e.